The van der Waals surface area contributed by atoms with E-state index in [1.165, 1.54) is 0 Å². The van der Waals surface area contributed by atoms with Crippen LogP contribution in [-0.4, -0.2) is 43.1 Å². The third-order valence-corrected chi connectivity index (χ3v) is 5.34. The van der Waals surface area contributed by atoms with Crippen LogP contribution < -0.4 is 9.47 Å². The summed E-state index contributed by atoms with van der Waals surface area (Å²) in [5.74, 6) is 2.54. The number of benzene rings is 2. The third kappa shape index (κ3) is 3.67. The molecule has 0 atom stereocenters. The first-order valence-electron chi connectivity index (χ1n) is 9.52. The second kappa shape index (κ2) is 7.92. The standard InChI is InChI=1S/C22H24N2O4/c1-26-17-8-7-16(20(14-17)27-2)13-21(25)24-11-9-15(10-12-24)22-23-18-5-3-4-6-19(18)28-22/h3-8,14-15H,9-13H2,1-2H3. The van der Waals surface area contributed by atoms with Crippen molar-refractivity contribution in [3.8, 4) is 11.5 Å². The smallest absolute Gasteiger partial charge is 0.227 e. The Balaban J connectivity index is 1.39. The summed E-state index contributed by atoms with van der Waals surface area (Å²) in [5, 5.41) is 0. The SMILES string of the molecule is COc1ccc(CC(=O)N2CCC(c3nc4ccccc4o3)CC2)c(OC)c1. The van der Waals surface area contributed by atoms with Gasteiger partial charge >= 0.3 is 0 Å². The van der Waals surface area contributed by atoms with Crippen LogP contribution in [0.4, 0.5) is 0 Å². The number of aromatic nitrogens is 1. The van der Waals surface area contributed by atoms with Gasteiger partial charge in [0.2, 0.25) is 5.91 Å². The Bertz CT molecular complexity index is 941. The largest absolute Gasteiger partial charge is 0.497 e. The summed E-state index contributed by atoms with van der Waals surface area (Å²) in [6.45, 7) is 1.42. The Hall–Kier alpha value is -3.02. The maximum absolute atomic E-state index is 12.8. The molecule has 0 spiro atoms. The van der Waals surface area contributed by atoms with Crippen LogP contribution in [0.5, 0.6) is 11.5 Å². The van der Waals surface area contributed by atoms with E-state index in [0.717, 1.165) is 35.4 Å². The first-order valence-corrected chi connectivity index (χ1v) is 9.52. The van der Waals surface area contributed by atoms with Gasteiger partial charge in [0.1, 0.15) is 17.0 Å². The minimum atomic E-state index is 0.111. The lowest BCUT2D eigenvalue weighted by Crippen LogP contribution is -2.38. The molecule has 6 nitrogen and oxygen atoms in total. The van der Waals surface area contributed by atoms with Crippen molar-refractivity contribution >= 4 is 17.0 Å². The number of carbonyl (C=O) groups is 1. The van der Waals surface area contributed by atoms with Crippen LogP contribution >= 0.6 is 0 Å². The number of amides is 1. The number of hydrogen-bond donors (Lipinski definition) is 0. The van der Waals surface area contributed by atoms with Crippen molar-refractivity contribution in [2.24, 2.45) is 0 Å². The number of ether oxygens (including phenoxy) is 2. The van der Waals surface area contributed by atoms with E-state index in [0.29, 0.717) is 31.0 Å². The summed E-state index contributed by atoms with van der Waals surface area (Å²) in [4.78, 5) is 19.3. The van der Waals surface area contributed by atoms with Crippen molar-refractivity contribution in [1.29, 1.82) is 0 Å². The van der Waals surface area contributed by atoms with E-state index in [1.807, 2.05) is 47.4 Å². The van der Waals surface area contributed by atoms with Crippen LogP contribution in [0.1, 0.15) is 30.2 Å². The maximum Gasteiger partial charge on any atom is 0.227 e. The summed E-state index contributed by atoms with van der Waals surface area (Å²) in [6, 6.07) is 13.4. The number of hydrogen-bond acceptors (Lipinski definition) is 5. The van der Waals surface area contributed by atoms with Crippen molar-refractivity contribution in [3.63, 3.8) is 0 Å². The normalized spacial score (nSPS) is 15.0. The molecule has 6 heteroatoms. The van der Waals surface area contributed by atoms with E-state index in [4.69, 9.17) is 13.9 Å². The zero-order valence-corrected chi connectivity index (χ0v) is 16.2. The molecule has 146 valence electrons. The number of likely N-dealkylation sites (tertiary alicyclic amines) is 1. The monoisotopic (exact) mass is 380 g/mol. The highest BCUT2D eigenvalue weighted by atomic mass is 16.5. The molecule has 0 unspecified atom stereocenters. The average Bonchev–Trinajstić information content (AvgIpc) is 3.18. The van der Waals surface area contributed by atoms with Gasteiger partial charge in [-0.15, -0.1) is 0 Å². The molecule has 1 aliphatic heterocycles. The number of methoxy groups -OCH3 is 2. The van der Waals surface area contributed by atoms with E-state index in [2.05, 4.69) is 4.98 Å². The molecule has 2 heterocycles. The summed E-state index contributed by atoms with van der Waals surface area (Å²) in [6.07, 6.45) is 2.04. The number of piperidine rings is 1. The minimum Gasteiger partial charge on any atom is -0.497 e. The van der Waals surface area contributed by atoms with E-state index >= 15 is 0 Å². The van der Waals surface area contributed by atoms with Crippen molar-refractivity contribution < 1.29 is 18.7 Å². The lowest BCUT2D eigenvalue weighted by Gasteiger charge is -2.30. The average molecular weight is 380 g/mol. The molecule has 4 rings (SSSR count). The van der Waals surface area contributed by atoms with Gasteiger partial charge in [0.15, 0.2) is 11.5 Å². The molecule has 0 saturated carbocycles. The fraction of sp³-hybridized carbons (Fsp3) is 0.364. The highest BCUT2D eigenvalue weighted by molar-refractivity contribution is 5.79. The molecule has 1 aliphatic rings. The number of para-hydroxylation sites is 2. The van der Waals surface area contributed by atoms with Gasteiger partial charge in [0.05, 0.1) is 20.6 Å². The molecule has 0 aliphatic carbocycles. The van der Waals surface area contributed by atoms with E-state index < -0.39 is 0 Å². The zero-order chi connectivity index (χ0) is 19.5. The van der Waals surface area contributed by atoms with Crippen LogP contribution in [0, 0.1) is 0 Å². The molecule has 2 aromatic carbocycles. The lowest BCUT2D eigenvalue weighted by molar-refractivity contribution is -0.131. The predicted octanol–water partition coefficient (Wildman–Crippen LogP) is 3.79. The molecule has 1 amide bonds. The first kappa shape index (κ1) is 18.3. The Labute approximate surface area is 164 Å². The van der Waals surface area contributed by atoms with Crippen LogP contribution in [0.2, 0.25) is 0 Å². The van der Waals surface area contributed by atoms with Gasteiger partial charge in [0, 0.05) is 30.6 Å². The summed E-state index contributed by atoms with van der Waals surface area (Å²) >= 11 is 0. The maximum atomic E-state index is 12.8. The van der Waals surface area contributed by atoms with Crippen LogP contribution in [0.3, 0.4) is 0 Å². The second-order valence-electron chi connectivity index (χ2n) is 7.03. The number of oxazole rings is 1. The van der Waals surface area contributed by atoms with Crippen LogP contribution in [0.15, 0.2) is 46.9 Å². The molecule has 3 aromatic rings. The van der Waals surface area contributed by atoms with Crippen molar-refractivity contribution in [3.05, 3.63) is 53.9 Å². The quantitative estimate of drug-likeness (QED) is 0.674. The van der Waals surface area contributed by atoms with Crippen molar-refractivity contribution in [2.45, 2.75) is 25.2 Å². The molecular weight excluding hydrogens is 356 g/mol. The molecule has 28 heavy (non-hydrogen) atoms. The zero-order valence-electron chi connectivity index (χ0n) is 16.2. The Morgan fingerprint density at radius 1 is 1.14 bits per heavy atom. The van der Waals surface area contributed by atoms with Gasteiger partial charge < -0.3 is 18.8 Å². The van der Waals surface area contributed by atoms with Gasteiger partial charge in [-0.2, -0.15) is 0 Å². The van der Waals surface area contributed by atoms with Crippen molar-refractivity contribution in [1.82, 2.24) is 9.88 Å². The highest BCUT2D eigenvalue weighted by Gasteiger charge is 2.27. The van der Waals surface area contributed by atoms with Gasteiger partial charge in [0.25, 0.3) is 0 Å². The summed E-state index contributed by atoms with van der Waals surface area (Å²) in [5.41, 5.74) is 2.58. The second-order valence-corrected chi connectivity index (χ2v) is 7.03. The molecule has 1 fully saturated rings. The predicted molar refractivity (Wildman–Crippen MR) is 106 cm³/mol. The fourth-order valence-corrected chi connectivity index (χ4v) is 3.71. The summed E-state index contributed by atoms with van der Waals surface area (Å²) < 4.78 is 16.5. The molecule has 0 radical (unpaired) electrons. The molecular formula is C22H24N2O4. The minimum absolute atomic E-state index is 0.111. The number of nitrogens with zero attached hydrogens (tertiary/aromatic N) is 2. The molecule has 1 saturated heterocycles. The number of fused-ring (bicyclic) bond motifs is 1. The molecule has 0 N–H and O–H groups in total. The topological polar surface area (TPSA) is 64.8 Å². The van der Waals surface area contributed by atoms with E-state index in [9.17, 15) is 4.79 Å². The molecule has 1 aromatic heterocycles. The number of rotatable bonds is 5. The van der Waals surface area contributed by atoms with E-state index in [1.54, 1.807) is 14.2 Å². The van der Waals surface area contributed by atoms with Crippen LogP contribution in [-0.2, 0) is 11.2 Å². The fourth-order valence-electron chi connectivity index (χ4n) is 3.71. The molecule has 0 bridgehead atoms. The Morgan fingerprint density at radius 2 is 1.93 bits per heavy atom. The Kier molecular flexibility index (Phi) is 5.19. The van der Waals surface area contributed by atoms with E-state index in [-0.39, 0.29) is 11.8 Å². The first-order chi connectivity index (χ1) is 13.7. The Morgan fingerprint density at radius 3 is 2.64 bits per heavy atom. The lowest BCUT2D eigenvalue weighted by atomic mass is 9.96. The van der Waals surface area contributed by atoms with Gasteiger partial charge in [-0.1, -0.05) is 18.2 Å². The number of carbonyl (C=O) groups excluding carboxylic acids is 1. The highest BCUT2D eigenvalue weighted by Crippen LogP contribution is 2.31. The van der Waals surface area contributed by atoms with Gasteiger partial charge in [-0.3, -0.25) is 4.79 Å². The van der Waals surface area contributed by atoms with Crippen LogP contribution in [0.25, 0.3) is 11.1 Å². The third-order valence-electron chi connectivity index (χ3n) is 5.34. The van der Waals surface area contributed by atoms with Crippen molar-refractivity contribution in [2.75, 3.05) is 27.3 Å². The summed E-state index contributed by atoms with van der Waals surface area (Å²) in [7, 11) is 3.22. The van der Waals surface area contributed by atoms with Gasteiger partial charge in [-0.05, 0) is 31.0 Å². The van der Waals surface area contributed by atoms with Gasteiger partial charge in [-0.25, -0.2) is 4.98 Å².